The second-order valence-electron chi connectivity index (χ2n) is 8.21. The Morgan fingerprint density at radius 1 is 1.00 bits per heavy atom. The minimum Gasteiger partial charge on any atom is -0.489 e. The van der Waals surface area contributed by atoms with Crippen molar-refractivity contribution in [3.63, 3.8) is 0 Å². The highest BCUT2D eigenvalue weighted by atomic mass is 19.4. The fraction of sp³-hybridized carbons (Fsp3) is 0.417. The molecule has 2 aliphatic heterocycles. The summed E-state index contributed by atoms with van der Waals surface area (Å²) < 4.78 is 62.7. The van der Waals surface area contributed by atoms with Crippen LogP contribution in [-0.4, -0.2) is 67.5 Å². The number of hydrogen-bond donors (Lipinski definition) is 1. The second kappa shape index (κ2) is 10.1. The van der Waals surface area contributed by atoms with Crippen LogP contribution in [0, 0.1) is 0 Å². The van der Waals surface area contributed by atoms with E-state index in [9.17, 15) is 13.2 Å². The second-order valence-corrected chi connectivity index (χ2v) is 8.21. The highest BCUT2D eigenvalue weighted by Crippen LogP contribution is 2.47. The van der Waals surface area contributed by atoms with Crippen LogP contribution in [0.1, 0.15) is 12.0 Å². The minimum absolute atomic E-state index is 0.244. The third-order valence-corrected chi connectivity index (χ3v) is 5.81. The molecular weight excluding hydrogens is 465 g/mol. The Labute approximate surface area is 200 Å². The SMILES string of the molecule is FC(F)(F)c1cccc(Nc2ncnc3cc(OCCCN4CCOCC4)c4c(c23)OCCO4)c1. The van der Waals surface area contributed by atoms with Crippen molar-refractivity contribution in [1.82, 2.24) is 14.9 Å². The van der Waals surface area contributed by atoms with Crippen molar-refractivity contribution in [3.8, 4) is 17.2 Å². The first-order chi connectivity index (χ1) is 17.0. The van der Waals surface area contributed by atoms with Crippen molar-refractivity contribution in [2.45, 2.75) is 12.6 Å². The maximum Gasteiger partial charge on any atom is 0.416 e. The highest BCUT2D eigenvalue weighted by molar-refractivity contribution is 5.99. The molecule has 1 fully saturated rings. The molecule has 2 aromatic carbocycles. The van der Waals surface area contributed by atoms with Gasteiger partial charge in [-0.05, 0) is 24.6 Å². The molecule has 3 aromatic rings. The van der Waals surface area contributed by atoms with Crippen molar-refractivity contribution < 1.29 is 32.1 Å². The first kappa shape index (κ1) is 23.4. The number of rotatable bonds is 7. The maximum absolute atomic E-state index is 13.2. The Bertz CT molecular complexity index is 1190. The predicted octanol–water partition coefficient (Wildman–Crippen LogP) is 4.26. The summed E-state index contributed by atoms with van der Waals surface area (Å²) in [6.45, 7) is 5.40. The van der Waals surface area contributed by atoms with Crippen molar-refractivity contribution in [1.29, 1.82) is 0 Å². The van der Waals surface area contributed by atoms with Gasteiger partial charge in [0, 0.05) is 31.4 Å². The quantitative estimate of drug-likeness (QED) is 0.493. The topological polar surface area (TPSA) is 78.0 Å². The lowest BCUT2D eigenvalue weighted by Gasteiger charge is -2.26. The summed E-state index contributed by atoms with van der Waals surface area (Å²) in [5.74, 6) is 1.68. The maximum atomic E-state index is 13.2. The van der Waals surface area contributed by atoms with Gasteiger partial charge in [0.2, 0.25) is 5.75 Å². The molecule has 0 unspecified atom stereocenters. The van der Waals surface area contributed by atoms with E-state index in [2.05, 4.69) is 20.2 Å². The van der Waals surface area contributed by atoms with E-state index in [0.29, 0.717) is 53.8 Å². The summed E-state index contributed by atoms with van der Waals surface area (Å²) in [5.41, 5.74) is 0.0193. The fourth-order valence-electron chi connectivity index (χ4n) is 4.12. The van der Waals surface area contributed by atoms with Crippen LogP contribution in [0.3, 0.4) is 0 Å². The molecule has 2 aliphatic rings. The van der Waals surface area contributed by atoms with Gasteiger partial charge < -0.3 is 24.3 Å². The Balaban J connectivity index is 1.39. The molecule has 35 heavy (non-hydrogen) atoms. The molecule has 1 saturated heterocycles. The smallest absolute Gasteiger partial charge is 0.416 e. The fourth-order valence-corrected chi connectivity index (χ4v) is 4.12. The number of fused-ring (bicyclic) bond motifs is 3. The molecule has 11 heteroatoms. The van der Waals surface area contributed by atoms with Crippen LogP contribution in [0.15, 0.2) is 36.7 Å². The van der Waals surface area contributed by atoms with Crippen LogP contribution in [0.5, 0.6) is 17.2 Å². The Kier molecular flexibility index (Phi) is 6.78. The normalized spacial score (nSPS) is 16.3. The van der Waals surface area contributed by atoms with Crippen LogP contribution in [0.4, 0.5) is 24.7 Å². The number of halogens is 3. The number of anilines is 2. The van der Waals surface area contributed by atoms with Crippen LogP contribution in [0.25, 0.3) is 10.9 Å². The summed E-state index contributed by atoms with van der Waals surface area (Å²) in [6.07, 6.45) is -2.27. The molecule has 5 rings (SSSR count). The van der Waals surface area contributed by atoms with Gasteiger partial charge in [0.1, 0.15) is 25.4 Å². The average Bonchev–Trinajstić information content (AvgIpc) is 2.87. The van der Waals surface area contributed by atoms with Crippen molar-refractivity contribution in [2.24, 2.45) is 0 Å². The van der Waals surface area contributed by atoms with E-state index >= 15 is 0 Å². The number of alkyl halides is 3. The van der Waals surface area contributed by atoms with Gasteiger partial charge in [0.15, 0.2) is 11.5 Å². The molecule has 0 spiro atoms. The highest BCUT2D eigenvalue weighted by Gasteiger charge is 2.30. The number of benzene rings is 2. The zero-order valence-electron chi connectivity index (χ0n) is 18.9. The number of aromatic nitrogens is 2. The number of nitrogens with zero attached hydrogens (tertiary/aromatic N) is 3. The van der Waals surface area contributed by atoms with Crippen LogP contribution >= 0.6 is 0 Å². The summed E-state index contributed by atoms with van der Waals surface area (Å²) in [5, 5.41) is 3.49. The van der Waals surface area contributed by atoms with Crippen LogP contribution < -0.4 is 19.5 Å². The zero-order valence-corrected chi connectivity index (χ0v) is 18.9. The summed E-state index contributed by atoms with van der Waals surface area (Å²) in [4.78, 5) is 10.9. The average molecular weight is 490 g/mol. The first-order valence-electron chi connectivity index (χ1n) is 11.4. The Morgan fingerprint density at radius 3 is 2.60 bits per heavy atom. The van der Waals surface area contributed by atoms with Gasteiger partial charge in [0.05, 0.1) is 36.3 Å². The molecule has 0 amide bonds. The number of hydrogen-bond acceptors (Lipinski definition) is 8. The van der Waals surface area contributed by atoms with Gasteiger partial charge in [-0.2, -0.15) is 13.2 Å². The van der Waals surface area contributed by atoms with E-state index in [1.165, 1.54) is 12.4 Å². The molecule has 0 bridgehead atoms. The van der Waals surface area contributed by atoms with E-state index in [1.54, 1.807) is 12.1 Å². The molecule has 8 nitrogen and oxygen atoms in total. The standard InChI is InChI=1S/C24H25F3N4O4/c25-24(26,27)16-3-1-4-17(13-16)30-23-20-18(28-15-29-23)14-19(21-22(20)35-12-11-34-21)33-8-2-5-31-6-9-32-10-7-31/h1,3-4,13-15H,2,5-12H2,(H,28,29,30). The Hall–Kier alpha value is -3.31. The third-order valence-electron chi connectivity index (χ3n) is 5.81. The molecule has 3 heterocycles. The first-order valence-corrected chi connectivity index (χ1v) is 11.4. The largest absolute Gasteiger partial charge is 0.489 e. The number of nitrogens with one attached hydrogen (secondary N) is 1. The van der Waals surface area contributed by atoms with E-state index in [-0.39, 0.29) is 5.69 Å². The van der Waals surface area contributed by atoms with E-state index < -0.39 is 11.7 Å². The molecule has 0 aliphatic carbocycles. The third kappa shape index (κ3) is 5.35. The predicted molar refractivity (Wildman–Crippen MR) is 123 cm³/mol. The summed E-state index contributed by atoms with van der Waals surface area (Å²) >= 11 is 0. The molecule has 1 N–H and O–H groups in total. The van der Waals surface area contributed by atoms with Gasteiger partial charge >= 0.3 is 6.18 Å². The van der Waals surface area contributed by atoms with Crippen molar-refractivity contribution in [2.75, 3.05) is 58.0 Å². The zero-order chi connectivity index (χ0) is 24.3. The summed E-state index contributed by atoms with van der Waals surface area (Å²) in [6, 6.07) is 6.68. The van der Waals surface area contributed by atoms with Gasteiger partial charge in [-0.25, -0.2) is 9.97 Å². The molecule has 0 atom stereocenters. The van der Waals surface area contributed by atoms with E-state index in [1.807, 2.05) is 0 Å². The van der Waals surface area contributed by atoms with Gasteiger partial charge in [0.25, 0.3) is 0 Å². The molecule has 0 radical (unpaired) electrons. The van der Waals surface area contributed by atoms with E-state index in [0.717, 1.165) is 51.4 Å². The lowest BCUT2D eigenvalue weighted by molar-refractivity contribution is -0.137. The lowest BCUT2D eigenvalue weighted by atomic mass is 10.1. The molecule has 1 aromatic heterocycles. The van der Waals surface area contributed by atoms with Crippen molar-refractivity contribution in [3.05, 3.63) is 42.2 Å². The van der Waals surface area contributed by atoms with Crippen molar-refractivity contribution >= 4 is 22.4 Å². The molecular formula is C24H25F3N4O4. The van der Waals surface area contributed by atoms with E-state index in [4.69, 9.17) is 18.9 Å². The van der Waals surface area contributed by atoms with Gasteiger partial charge in [-0.3, -0.25) is 4.90 Å². The number of ether oxygens (including phenoxy) is 4. The van der Waals surface area contributed by atoms with Gasteiger partial charge in [-0.1, -0.05) is 6.07 Å². The van der Waals surface area contributed by atoms with Gasteiger partial charge in [-0.15, -0.1) is 0 Å². The minimum atomic E-state index is -4.45. The van der Waals surface area contributed by atoms with Crippen LogP contribution in [0.2, 0.25) is 0 Å². The van der Waals surface area contributed by atoms with Crippen LogP contribution in [-0.2, 0) is 10.9 Å². The number of morpholine rings is 1. The monoisotopic (exact) mass is 490 g/mol. The molecule has 0 saturated carbocycles. The molecule has 186 valence electrons. The Morgan fingerprint density at radius 2 is 1.80 bits per heavy atom. The summed E-state index contributed by atoms with van der Waals surface area (Å²) in [7, 11) is 0. The lowest BCUT2D eigenvalue weighted by Crippen LogP contribution is -2.37.